The first kappa shape index (κ1) is 11.6. The molecule has 2 fully saturated rings. The second-order valence-corrected chi connectivity index (χ2v) is 5.03. The Balaban J connectivity index is 1.81. The van der Waals surface area contributed by atoms with Crippen molar-refractivity contribution in [3.8, 4) is 12.1 Å². The maximum absolute atomic E-state index is 3.37. The van der Waals surface area contributed by atoms with Crippen LogP contribution in [0.25, 0.3) is 0 Å². The first-order valence-electron chi connectivity index (χ1n) is 6.96. The summed E-state index contributed by atoms with van der Waals surface area (Å²) in [5.74, 6) is 0. The van der Waals surface area contributed by atoms with Crippen LogP contribution in [0.3, 0.4) is 0 Å². The van der Waals surface area contributed by atoms with E-state index in [0.717, 1.165) is 0 Å². The van der Waals surface area contributed by atoms with Gasteiger partial charge in [0.05, 0.1) is 0 Å². The Morgan fingerprint density at radius 1 is 0.438 bits per heavy atom. The van der Waals surface area contributed by atoms with Crippen molar-refractivity contribution in [1.82, 2.24) is 9.80 Å². The molecule has 2 rings (SSSR count). The van der Waals surface area contributed by atoms with Crippen molar-refractivity contribution in [1.29, 1.82) is 0 Å². The van der Waals surface area contributed by atoms with Gasteiger partial charge in [-0.05, 0) is 25.7 Å². The first-order chi connectivity index (χ1) is 7.95. The Labute approximate surface area is 100.0 Å². The number of hydrogen-bond acceptors (Lipinski definition) is 2. The molecule has 2 aliphatic rings. The van der Waals surface area contributed by atoms with Crippen LogP contribution in [0, 0.1) is 12.1 Å². The van der Waals surface area contributed by atoms with Gasteiger partial charge in [0.2, 0.25) is 0 Å². The molecule has 0 aromatic rings. The summed E-state index contributed by atoms with van der Waals surface area (Å²) in [5.41, 5.74) is 0. The van der Waals surface area contributed by atoms with Crippen molar-refractivity contribution in [2.45, 2.75) is 51.4 Å². The van der Waals surface area contributed by atoms with Gasteiger partial charge in [-0.15, -0.1) is 0 Å². The number of hydrogen-bond donors (Lipinski definition) is 0. The molecule has 2 saturated heterocycles. The van der Waals surface area contributed by atoms with Crippen molar-refractivity contribution < 1.29 is 0 Å². The smallest absolute Gasteiger partial charge is 0.0307 e. The van der Waals surface area contributed by atoms with Gasteiger partial charge in [0.25, 0.3) is 0 Å². The van der Waals surface area contributed by atoms with E-state index in [1.54, 1.807) is 0 Å². The van der Waals surface area contributed by atoms with E-state index in [-0.39, 0.29) is 0 Å². The Morgan fingerprint density at radius 3 is 1.06 bits per heavy atom. The summed E-state index contributed by atoms with van der Waals surface area (Å²) in [7, 11) is 0. The lowest BCUT2D eigenvalue weighted by atomic mass is 10.2. The molecule has 2 aliphatic heterocycles. The Hall–Kier alpha value is -0.840. The summed E-state index contributed by atoms with van der Waals surface area (Å²) in [6.07, 6.45) is 10.9. The zero-order chi connectivity index (χ0) is 11.1. The van der Waals surface area contributed by atoms with Crippen LogP contribution in [0.5, 0.6) is 0 Å². The van der Waals surface area contributed by atoms with E-state index in [4.69, 9.17) is 0 Å². The number of rotatable bonds is 0. The fraction of sp³-hybridized carbons (Fsp3) is 0.857. The van der Waals surface area contributed by atoms with Gasteiger partial charge in [0, 0.05) is 38.3 Å². The van der Waals surface area contributed by atoms with E-state index in [2.05, 4.69) is 21.9 Å². The van der Waals surface area contributed by atoms with Crippen LogP contribution in [-0.2, 0) is 0 Å². The van der Waals surface area contributed by atoms with Crippen LogP contribution >= 0.6 is 0 Å². The van der Waals surface area contributed by atoms with Gasteiger partial charge in [0.1, 0.15) is 0 Å². The molecule has 2 heteroatoms. The van der Waals surface area contributed by atoms with Gasteiger partial charge in [0.15, 0.2) is 0 Å². The second kappa shape index (κ2) is 6.68. The maximum Gasteiger partial charge on any atom is 0.0307 e. The minimum Gasteiger partial charge on any atom is -0.331 e. The highest BCUT2D eigenvalue weighted by atomic mass is 15.1. The summed E-state index contributed by atoms with van der Waals surface area (Å²) < 4.78 is 0. The molecule has 0 amide bonds. The summed E-state index contributed by atoms with van der Waals surface area (Å²) in [6, 6.07) is 6.74. The summed E-state index contributed by atoms with van der Waals surface area (Å²) >= 11 is 0. The minimum atomic E-state index is 1.18. The molecule has 16 heavy (non-hydrogen) atoms. The average molecular weight is 220 g/mol. The highest BCUT2D eigenvalue weighted by Gasteiger charge is 2.07. The fourth-order valence-electron chi connectivity index (χ4n) is 2.51. The lowest BCUT2D eigenvalue weighted by Crippen LogP contribution is -2.22. The predicted octanol–water partition coefficient (Wildman–Crippen LogP) is 2.66. The molecule has 0 saturated carbocycles. The van der Waals surface area contributed by atoms with Gasteiger partial charge in [-0.25, -0.2) is 0 Å². The monoisotopic (exact) mass is 220 g/mol. The van der Waals surface area contributed by atoms with Gasteiger partial charge in [-0.2, -0.15) is 0 Å². The van der Waals surface area contributed by atoms with Crippen molar-refractivity contribution in [2.75, 3.05) is 26.2 Å². The molecule has 0 unspecified atom stereocenters. The van der Waals surface area contributed by atoms with E-state index in [9.17, 15) is 0 Å². The molecule has 0 bridgehead atoms. The Kier molecular flexibility index (Phi) is 4.86. The predicted molar refractivity (Wildman–Crippen MR) is 67.9 cm³/mol. The quantitative estimate of drug-likeness (QED) is 0.579. The molecule has 0 aromatic carbocycles. The topological polar surface area (TPSA) is 6.48 Å². The third-order valence-corrected chi connectivity index (χ3v) is 3.58. The highest BCUT2D eigenvalue weighted by Crippen LogP contribution is 2.10. The minimum absolute atomic E-state index is 1.18. The largest absolute Gasteiger partial charge is 0.331 e. The lowest BCUT2D eigenvalue weighted by Gasteiger charge is -2.17. The van der Waals surface area contributed by atoms with Gasteiger partial charge in [-0.1, -0.05) is 25.7 Å². The van der Waals surface area contributed by atoms with E-state index in [0.29, 0.717) is 0 Å². The molecule has 2 heterocycles. The van der Waals surface area contributed by atoms with Gasteiger partial charge >= 0.3 is 0 Å². The zero-order valence-corrected chi connectivity index (χ0v) is 10.4. The molecular weight excluding hydrogens is 196 g/mol. The lowest BCUT2D eigenvalue weighted by molar-refractivity contribution is 0.390. The maximum atomic E-state index is 3.37. The first-order valence-corrected chi connectivity index (χ1v) is 6.96. The van der Waals surface area contributed by atoms with E-state index in [1.807, 2.05) is 0 Å². The standard InChI is InChI=1S/C14H24N2/c1-2-6-10-15(9-5-1)13-14-16-11-7-3-4-8-12-16/h1-12H2. The van der Waals surface area contributed by atoms with Gasteiger partial charge < -0.3 is 9.80 Å². The van der Waals surface area contributed by atoms with Crippen molar-refractivity contribution in [3.05, 3.63) is 0 Å². The summed E-state index contributed by atoms with van der Waals surface area (Å²) in [5, 5.41) is 0. The van der Waals surface area contributed by atoms with Crippen molar-refractivity contribution in [2.24, 2.45) is 0 Å². The van der Waals surface area contributed by atoms with Crippen LogP contribution in [0.4, 0.5) is 0 Å². The molecule has 0 radical (unpaired) electrons. The molecule has 0 aliphatic carbocycles. The Bertz CT molecular complexity index is 211. The van der Waals surface area contributed by atoms with E-state index >= 15 is 0 Å². The fourth-order valence-corrected chi connectivity index (χ4v) is 2.51. The number of likely N-dealkylation sites (tertiary alicyclic amines) is 2. The van der Waals surface area contributed by atoms with Gasteiger partial charge in [-0.3, -0.25) is 0 Å². The molecule has 2 nitrogen and oxygen atoms in total. The van der Waals surface area contributed by atoms with Crippen LogP contribution in [-0.4, -0.2) is 36.0 Å². The van der Waals surface area contributed by atoms with Crippen molar-refractivity contribution >= 4 is 0 Å². The van der Waals surface area contributed by atoms with Crippen molar-refractivity contribution in [3.63, 3.8) is 0 Å². The SMILES string of the molecule is C(#CN1CCCCCC1)N1CCCCCC1. The third-order valence-electron chi connectivity index (χ3n) is 3.58. The molecule has 0 aromatic heterocycles. The highest BCUT2D eigenvalue weighted by molar-refractivity contribution is 4.99. The van der Waals surface area contributed by atoms with Crippen LogP contribution in [0.15, 0.2) is 0 Å². The normalized spacial score (nSPS) is 23.0. The molecule has 0 spiro atoms. The van der Waals surface area contributed by atoms with E-state index < -0.39 is 0 Å². The molecular formula is C14H24N2. The van der Waals surface area contributed by atoms with Crippen LogP contribution in [0.1, 0.15) is 51.4 Å². The third kappa shape index (κ3) is 3.96. The molecule has 0 N–H and O–H groups in total. The summed E-state index contributed by atoms with van der Waals surface area (Å²) in [6.45, 7) is 4.73. The molecule has 0 atom stereocenters. The zero-order valence-electron chi connectivity index (χ0n) is 10.4. The van der Waals surface area contributed by atoms with Crippen LogP contribution in [0.2, 0.25) is 0 Å². The average Bonchev–Trinajstić information content (AvgIpc) is 2.71. The Morgan fingerprint density at radius 2 is 0.750 bits per heavy atom. The summed E-state index contributed by atoms with van der Waals surface area (Å²) in [4.78, 5) is 4.66. The molecule has 90 valence electrons. The van der Waals surface area contributed by atoms with Crippen LogP contribution < -0.4 is 0 Å². The second-order valence-electron chi connectivity index (χ2n) is 5.03. The van der Waals surface area contributed by atoms with E-state index in [1.165, 1.54) is 77.5 Å². The number of nitrogens with zero attached hydrogens (tertiary/aromatic N) is 2.